The SMILES string of the molecule is CC(=O)[C@]1(O)[C@H](O)[C@@H](O)C(OC2(O)O[C@@H](CO)[C@H](O)[C@@H](O)[C@@H]2O)O[C@@H]1CO. The second kappa shape index (κ2) is 7.90. The van der Waals surface area contributed by atoms with Crippen molar-refractivity contribution in [2.45, 2.75) is 67.5 Å². The van der Waals surface area contributed by atoms with Crippen molar-refractivity contribution in [2.75, 3.05) is 13.2 Å². The van der Waals surface area contributed by atoms with Crippen LogP contribution in [0.3, 0.4) is 0 Å². The van der Waals surface area contributed by atoms with Gasteiger partial charge in [-0.3, -0.25) is 9.53 Å². The van der Waals surface area contributed by atoms with Gasteiger partial charge in [0, 0.05) is 0 Å². The molecule has 0 aromatic rings. The van der Waals surface area contributed by atoms with Crippen molar-refractivity contribution >= 4 is 5.78 Å². The third-order valence-corrected chi connectivity index (χ3v) is 4.79. The quantitative estimate of drug-likeness (QED) is 0.196. The molecule has 2 aliphatic rings. The van der Waals surface area contributed by atoms with Crippen molar-refractivity contribution in [3.63, 3.8) is 0 Å². The summed E-state index contributed by atoms with van der Waals surface area (Å²) in [6, 6.07) is 0. The maximum atomic E-state index is 11.7. The topological polar surface area (TPSA) is 227 Å². The van der Waals surface area contributed by atoms with Gasteiger partial charge < -0.3 is 55.4 Å². The van der Waals surface area contributed by atoms with Crippen LogP contribution < -0.4 is 0 Å². The first-order valence-corrected chi connectivity index (χ1v) is 8.03. The molecule has 0 bridgehead atoms. The molecular weight excluding hydrogens is 376 g/mol. The molecule has 9 N–H and O–H groups in total. The largest absolute Gasteiger partial charge is 0.394 e. The van der Waals surface area contributed by atoms with Crippen LogP contribution in [0.2, 0.25) is 0 Å². The Morgan fingerprint density at radius 3 is 2.04 bits per heavy atom. The molecule has 2 rings (SSSR count). The van der Waals surface area contributed by atoms with E-state index in [1.165, 1.54) is 0 Å². The zero-order valence-electron chi connectivity index (χ0n) is 14.2. The highest BCUT2D eigenvalue weighted by molar-refractivity contribution is 5.86. The molecule has 2 unspecified atom stereocenters. The average molecular weight is 400 g/mol. The molecule has 0 radical (unpaired) electrons. The van der Waals surface area contributed by atoms with Crippen LogP contribution in [0.5, 0.6) is 0 Å². The molecule has 13 nitrogen and oxygen atoms in total. The second-order valence-electron chi connectivity index (χ2n) is 6.51. The van der Waals surface area contributed by atoms with E-state index in [-0.39, 0.29) is 0 Å². The highest BCUT2D eigenvalue weighted by atomic mass is 16.9. The number of hydrogen-bond acceptors (Lipinski definition) is 13. The maximum Gasteiger partial charge on any atom is 0.313 e. The zero-order valence-corrected chi connectivity index (χ0v) is 14.2. The minimum absolute atomic E-state index is 0.883. The molecule has 10 atom stereocenters. The summed E-state index contributed by atoms with van der Waals surface area (Å²) in [5, 5.41) is 88.7. The molecule has 0 aliphatic carbocycles. The summed E-state index contributed by atoms with van der Waals surface area (Å²) in [7, 11) is 0. The van der Waals surface area contributed by atoms with Gasteiger partial charge in [-0.25, -0.2) is 0 Å². The van der Waals surface area contributed by atoms with E-state index in [1.807, 2.05) is 0 Å². The van der Waals surface area contributed by atoms with Crippen molar-refractivity contribution in [2.24, 2.45) is 0 Å². The predicted molar refractivity (Wildman–Crippen MR) is 79.4 cm³/mol. The summed E-state index contributed by atoms with van der Waals surface area (Å²) < 4.78 is 14.8. The fraction of sp³-hybridized carbons (Fsp3) is 0.929. The van der Waals surface area contributed by atoms with Crippen molar-refractivity contribution in [1.82, 2.24) is 0 Å². The number of ether oxygens (including phenoxy) is 3. The fourth-order valence-corrected chi connectivity index (χ4v) is 3.05. The first kappa shape index (κ1) is 22.5. The number of rotatable bonds is 5. The van der Waals surface area contributed by atoms with Gasteiger partial charge in [-0.05, 0) is 6.92 Å². The van der Waals surface area contributed by atoms with Gasteiger partial charge in [0.25, 0.3) is 0 Å². The summed E-state index contributed by atoms with van der Waals surface area (Å²) >= 11 is 0. The van der Waals surface area contributed by atoms with Crippen LogP contribution in [0.15, 0.2) is 0 Å². The molecule has 0 aromatic heterocycles. The molecule has 2 heterocycles. The predicted octanol–water partition coefficient (Wildman–Crippen LogP) is -6.12. The van der Waals surface area contributed by atoms with Gasteiger partial charge in [0.05, 0.1) is 13.2 Å². The van der Waals surface area contributed by atoms with Gasteiger partial charge in [0.2, 0.25) is 0 Å². The Hall–Kier alpha value is -0.810. The molecule has 158 valence electrons. The third kappa shape index (κ3) is 3.62. The molecule has 0 spiro atoms. The van der Waals surface area contributed by atoms with Gasteiger partial charge in [-0.1, -0.05) is 0 Å². The minimum atomic E-state index is -3.12. The van der Waals surface area contributed by atoms with E-state index in [4.69, 9.17) is 19.3 Å². The summed E-state index contributed by atoms with van der Waals surface area (Å²) in [6.45, 7) is -1.01. The monoisotopic (exact) mass is 400 g/mol. The van der Waals surface area contributed by atoms with E-state index < -0.39 is 79.6 Å². The van der Waals surface area contributed by atoms with Crippen LogP contribution in [0.1, 0.15) is 6.92 Å². The zero-order chi connectivity index (χ0) is 20.7. The van der Waals surface area contributed by atoms with Gasteiger partial charge >= 0.3 is 5.97 Å². The Bertz CT molecular complexity index is 539. The second-order valence-corrected chi connectivity index (χ2v) is 6.51. The lowest BCUT2D eigenvalue weighted by Gasteiger charge is -2.50. The van der Waals surface area contributed by atoms with Gasteiger partial charge in [0.1, 0.15) is 36.6 Å². The first-order chi connectivity index (χ1) is 12.4. The summed E-state index contributed by atoms with van der Waals surface area (Å²) in [5.41, 5.74) is -2.69. The standard InChI is InChI=1S/C14H24O13/c1-4(17)13(23)6(3-16)25-12(9(20)10(13)21)27-14(24)11(22)8(19)7(18)5(2-15)26-14/h5-12,15-16,18-24H,2-3H2,1H3/t5-,6+,7-,8+,9+,10+,11-,12?,13+,14?/m0/s1. The highest BCUT2D eigenvalue weighted by Gasteiger charge is 2.61. The Morgan fingerprint density at radius 2 is 1.56 bits per heavy atom. The Labute approximate surface area is 152 Å². The molecule has 0 saturated carbocycles. The lowest BCUT2D eigenvalue weighted by atomic mass is 9.81. The van der Waals surface area contributed by atoms with E-state index in [0.717, 1.165) is 6.92 Å². The number of carbonyl (C=O) groups is 1. The molecule has 2 aliphatic heterocycles. The van der Waals surface area contributed by atoms with Gasteiger partial charge in [-0.2, -0.15) is 0 Å². The average Bonchev–Trinajstić information content (AvgIpc) is 2.63. The van der Waals surface area contributed by atoms with Gasteiger partial charge in [-0.15, -0.1) is 0 Å². The smallest absolute Gasteiger partial charge is 0.313 e. The third-order valence-electron chi connectivity index (χ3n) is 4.79. The van der Waals surface area contributed by atoms with Crippen LogP contribution in [0.25, 0.3) is 0 Å². The Morgan fingerprint density at radius 1 is 0.963 bits per heavy atom. The Kier molecular flexibility index (Phi) is 6.58. The van der Waals surface area contributed by atoms with E-state index in [1.54, 1.807) is 0 Å². The molecular formula is C14H24O13. The van der Waals surface area contributed by atoms with Crippen molar-refractivity contribution in [3.8, 4) is 0 Å². The number of hydrogen-bond donors (Lipinski definition) is 9. The van der Waals surface area contributed by atoms with E-state index in [2.05, 4.69) is 0 Å². The normalized spacial score (nSPS) is 51.2. The van der Waals surface area contributed by atoms with E-state index in [0.29, 0.717) is 0 Å². The maximum absolute atomic E-state index is 11.7. The first-order valence-electron chi connectivity index (χ1n) is 8.03. The lowest BCUT2D eigenvalue weighted by Crippen LogP contribution is -2.73. The van der Waals surface area contributed by atoms with Crippen LogP contribution in [0.4, 0.5) is 0 Å². The number of aliphatic hydroxyl groups is 9. The van der Waals surface area contributed by atoms with Crippen LogP contribution in [-0.2, 0) is 19.0 Å². The fourth-order valence-electron chi connectivity index (χ4n) is 3.05. The van der Waals surface area contributed by atoms with E-state index in [9.17, 15) is 45.6 Å². The minimum Gasteiger partial charge on any atom is -0.394 e. The van der Waals surface area contributed by atoms with Crippen LogP contribution in [-0.4, -0.2) is 126 Å². The number of Topliss-reactive ketones (excluding diaryl/α,β-unsaturated/α-hetero) is 1. The molecule has 2 fully saturated rings. The molecule has 0 aromatic carbocycles. The Balaban J connectivity index is 2.27. The lowest BCUT2D eigenvalue weighted by molar-refractivity contribution is -0.490. The van der Waals surface area contributed by atoms with Crippen molar-refractivity contribution in [1.29, 1.82) is 0 Å². The summed E-state index contributed by atoms with van der Waals surface area (Å²) in [5.74, 6) is -4.15. The summed E-state index contributed by atoms with van der Waals surface area (Å²) in [4.78, 5) is 11.7. The van der Waals surface area contributed by atoms with Crippen LogP contribution >= 0.6 is 0 Å². The molecule has 13 heteroatoms. The number of aliphatic hydroxyl groups excluding tert-OH is 7. The van der Waals surface area contributed by atoms with Crippen molar-refractivity contribution in [3.05, 3.63) is 0 Å². The summed E-state index contributed by atoms with van der Waals surface area (Å²) in [6.07, 6.45) is -16.0. The highest BCUT2D eigenvalue weighted by Crippen LogP contribution is 2.36. The molecule has 2 saturated heterocycles. The van der Waals surface area contributed by atoms with E-state index >= 15 is 0 Å². The number of carbonyl (C=O) groups excluding carboxylic acids is 1. The molecule has 0 amide bonds. The van der Waals surface area contributed by atoms with Crippen molar-refractivity contribution < 1.29 is 65.0 Å². The van der Waals surface area contributed by atoms with Gasteiger partial charge in [0.15, 0.2) is 23.8 Å². The molecule has 27 heavy (non-hydrogen) atoms. The van der Waals surface area contributed by atoms with Crippen LogP contribution in [0, 0.1) is 0 Å². The number of ketones is 1.